The Hall–Kier alpha value is -0.530. The largest absolute Gasteiger partial charge is 0.434 e. The lowest BCUT2D eigenvalue weighted by Gasteiger charge is -2.12. The molecule has 0 fully saturated rings. The lowest BCUT2D eigenvalue weighted by atomic mass is 10.2. The van der Waals surface area contributed by atoms with Gasteiger partial charge in [0.2, 0.25) is 0 Å². The van der Waals surface area contributed by atoms with Crippen molar-refractivity contribution in [1.29, 1.82) is 0 Å². The highest BCUT2D eigenvalue weighted by molar-refractivity contribution is 9.10. The van der Waals surface area contributed by atoms with E-state index in [4.69, 9.17) is 0 Å². The topological polar surface area (TPSA) is 38.3 Å². The summed E-state index contributed by atoms with van der Waals surface area (Å²) in [5.41, 5.74) is 0.636. The first-order chi connectivity index (χ1) is 9.02. The van der Waals surface area contributed by atoms with Crippen LogP contribution in [-0.2, 0) is 17.3 Å². The molecule has 19 heavy (non-hydrogen) atoms. The summed E-state index contributed by atoms with van der Waals surface area (Å²) in [7, 11) is -0.827. The van der Waals surface area contributed by atoms with Gasteiger partial charge >= 0.3 is 6.61 Å². The van der Waals surface area contributed by atoms with Gasteiger partial charge in [0, 0.05) is 45.4 Å². The lowest BCUT2D eigenvalue weighted by molar-refractivity contribution is -0.0505. The van der Waals surface area contributed by atoms with E-state index in [1.165, 1.54) is 6.07 Å². The monoisotopic (exact) mass is 355 g/mol. The minimum absolute atomic E-state index is 0.155. The second-order valence-electron chi connectivity index (χ2n) is 3.74. The fourth-order valence-electron chi connectivity index (χ4n) is 1.45. The van der Waals surface area contributed by atoms with Gasteiger partial charge < -0.3 is 10.1 Å². The van der Waals surface area contributed by atoms with Crippen LogP contribution in [0, 0.1) is 0 Å². The standard InChI is InChI=1S/C12H16BrF2NO2S/c1-2-19(17)6-5-16-8-9-7-10(13)3-4-11(9)18-12(14)15/h3-4,7,12,16H,2,5-6,8H2,1H3. The maximum atomic E-state index is 12.2. The predicted molar refractivity (Wildman–Crippen MR) is 76.0 cm³/mol. The first-order valence-corrected chi connectivity index (χ1v) is 8.10. The molecule has 3 nitrogen and oxygen atoms in total. The number of hydrogen-bond acceptors (Lipinski definition) is 3. The Morgan fingerprint density at radius 3 is 2.84 bits per heavy atom. The molecule has 1 atom stereocenters. The molecule has 1 N–H and O–H groups in total. The van der Waals surface area contributed by atoms with E-state index in [0.717, 1.165) is 4.47 Å². The Morgan fingerprint density at radius 1 is 1.47 bits per heavy atom. The van der Waals surface area contributed by atoms with E-state index in [1.54, 1.807) is 12.1 Å². The zero-order valence-corrected chi connectivity index (χ0v) is 12.9. The summed E-state index contributed by atoms with van der Waals surface area (Å²) in [4.78, 5) is 0. The molecule has 0 aromatic heterocycles. The number of alkyl halides is 2. The lowest BCUT2D eigenvalue weighted by Crippen LogP contribution is -2.21. The minimum atomic E-state index is -2.84. The fraction of sp³-hybridized carbons (Fsp3) is 0.500. The van der Waals surface area contributed by atoms with Gasteiger partial charge in [-0.1, -0.05) is 22.9 Å². The van der Waals surface area contributed by atoms with Gasteiger partial charge in [0.05, 0.1) is 0 Å². The molecular weight excluding hydrogens is 340 g/mol. The molecule has 0 saturated carbocycles. The molecule has 1 aromatic rings. The molecule has 0 heterocycles. The fourth-order valence-corrected chi connectivity index (χ4v) is 2.52. The second-order valence-corrected chi connectivity index (χ2v) is 6.52. The highest BCUT2D eigenvalue weighted by Gasteiger charge is 2.10. The van der Waals surface area contributed by atoms with Crippen LogP contribution >= 0.6 is 15.9 Å². The van der Waals surface area contributed by atoms with Gasteiger partial charge in [0.25, 0.3) is 0 Å². The van der Waals surface area contributed by atoms with Gasteiger partial charge in [0.1, 0.15) is 5.75 Å². The average Bonchev–Trinajstić information content (AvgIpc) is 2.36. The van der Waals surface area contributed by atoms with Crippen LogP contribution in [0.3, 0.4) is 0 Å². The smallest absolute Gasteiger partial charge is 0.387 e. The van der Waals surface area contributed by atoms with Gasteiger partial charge in [-0.25, -0.2) is 0 Å². The molecule has 0 aliphatic heterocycles. The molecule has 0 spiro atoms. The van der Waals surface area contributed by atoms with Crippen LogP contribution in [0.25, 0.3) is 0 Å². The Morgan fingerprint density at radius 2 is 2.21 bits per heavy atom. The molecule has 0 amide bonds. The third-order valence-corrected chi connectivity index (χ3v) is 4.18. The van der Waals surface area contributed by atoms with E-state index >= 15 is 0 Å². The highest BCUT2D eigenvalue weighted by atomic mass is 79.9. The van der Waals surface area contributed by atoms with Crippen LogP contribution in [0.5, 0.6) is 5.75 Å². The second kappa shape index (κ2) is 8.60. The van der Waals surface area contributed by atoms with Crippen molar-refractivity contribution in [3.63, 3.8) is 0 Å². The normalized spacial score (nSPS) is 12.7. The Bertz CT molecular complexity index is 432. The molecule has 0 radical (unpaired) electrons. The van der Waals surface area contributed by atoms with Gasteiger partial charge in [0.15, 0.2) is 0 Å². The first-order valence-electron chi connectivity index (χ1n) is 5.82. The van der Waals surface area contributed by atoms with Crippen molar-refractivity contribution in [1.82, 2.24) is 5.32 Å². The van der Waals surface area contributed by atoms with Crippen LogP contribution in [0.1, 0.15) is 12.5 Å². The number of hydrogen-bond donors (Lipinski definition) is 1. The summed E-state index contributed by atoms with van der Waals surface area (Å²) in [6.07, 6.45) is 0. The SMILES string of the molecule is CCS(=O)CCNCc1cc(Br)ccc1OC(F)F. The van der Waals surface area contributed by atoms with Crippen LogP contribution in [-0.4, -0.2) is 28.9 Å². The molecule has 0 aliphatic carbocycles. The quantitative estimate of drug-likeness (QED) is 0.728. The summed E-state index contributed by atoms with van der Waals surface area (Å²) < 4.78 is 41.0. The van der Waals surface area contributed by atoms with Gasteiger partial charge in [-0.3, -0.25) is 4.21 Å². The Labute approximate surface area is 122 Å². The molecule has 7 heteroatoms. The summed E-state index contributed by atoms with van der Waals surface area (Å²) >= 11 is 3.29. The maximum absolute atomic E-state index is 12.2. The molecule has 1 rings (SSSR count). The van der Waals surface area contributed by atoms with E-state index in [0.29, 0.717) is 30.2 Å². The average molecular weight is 356 g/mol. The first kappa shape index (κ1) is 16.5. The number of ether oxygens (including phenoxy) is 1. The number of rotatable bonds is 8. The molecule has 1 aromatic carbocycles. The van der Waals surface area contributed by atoms with Gasteiger partial charge in [-0.2, -0.15) is 8.78 Å². The molecule has 0 saturated heterocycles. The number of nitrogens with one attached hydrogen (secondary N) is 1. The van der Waals surface area contributed by atoms with Crippen LogP contribution in [0.4, 0.5) is 8.78 Å². The van der Waals surface area contributed by atoms with Crippen LogP contribution in [0.15, 0.2) is 22.7 Å². The van der Waals surface area contributed by atoms with Crippen molar-refractivity contribution in [3.05, 3.63) is 28.2 Å². The molecule has 108 valence electrons. The van der Waals surface area contributed by atoms with Crippen molar-refractivity contribution < 1.29 is 17.7 Å². The molecule has 0 bridgehead atoms. The van der Waals surface area contributed by atoms with Crippen molar-refractivity contribution in [2.24, 2.45) is 0 Å². The van der Waals surface area contributed by atoms with Gasteiger partial charge in [-0.15, -0.1) is 0 Å². The third-order valence-electron chi connectivity index (χ3n) is 2.38. The highest BCUT2D eigenvalue weighted by Crippen LogP contribution is 2.24. The van der Waals surface area contributed by atoms with Crippen LogP contribution < -0.4 is 10.1 Å². The maximum Gasteiger partial charge on any atom is 0.387 e. The zero-order valence-electron chi connectivity index (χ0n) is 10.5. The molecular formula is C12H16BrF2NO2S. The van der Waals surface area contributed by atoms with E-state index in [2.05, 4.69) is 26.0 Å². The third kappa shape index (κ3) is 6.44. The summed E-state index contributed by atoms with van der Waals surface area (Å²) in [6.45, 7) is -0.0183. The van der Waals surface area contributed by atoms with Crippen LogP contribution in [0.2, 0.25) is 0 Å². The Kier molecular flexibility index (Phi) is 7.48. The zero-order chi connectivity index (χ0) is 14.3. The summed E-state index contributed by atoms with van der Waals surface area (Å²) in [5.74, 6) is 1.33. The van der Waals surface area contributed by atoms with E-state index < -0.39 is 17.4 Å². The van der Waals surface area contributed by atoms with Crippen molar-refractivity contribution >= 4 is 26.7 Å². The predicted octanol–water partition coefficient (Wildman–Crippen LogP) is 2.91. The van der Waals surface area contributed by atoms with Crippen molar-refractivity contribution in [2.75, 3.05) is 18.1 Å². The van der Waals surface area contributed by atoms with E-state index in [-0.39, 0.29) is 5.75 Å². The van der Waals surface area contributed by atoms with Crippen molar-refractivity contribution in [3.8, 4) is 5.75 Å². The van der Waals surface area contributed by atoms with Crippen molar-refractivity contribution in [2.45, 2.75) is 20.1 Å². The Balaban J connectivity index is 2.55. The number of halogens is 3. The van der Waals surface area contributed by atoms with Gasteiger partial charge in [-0.05, 0) is 18.2 Å². The molecule has 1 unspecified atom stereocenters. The minimum Gasteiger partial charge on any atom is -0.434 e. The summed E-state index contributed by atoms with van der Waals surface area (Å²) in [6, 6.07) is 4.87. The van der Waals surface area contributed by atoms with E-state index in [1.807, 2.05) is 6.92 Å². The molecule has 0 aliphatic rings. The van der Waals surface area contributed by atoms with E-state index in [9.17, 15) is 13.0 Å². The number of benzene rings is 1. The summed E-state index contributed by atoms with van der Waals surface area (Å²) in [5, 5.41) is 3.07.